The number of nitrogens with zero attached hydrogens (tertiary/aromatic N) is 1. The third-order valence-electron chi connectivity index (χ3n) is 4.99. The molecule has 1 aliphatic carbocycles. The molecular formula is C19H26N2O5. The van der Waals surface area contributed by atoms with E-state index in [1.807, 2.05) is 0 Å². The molecule has 0 aromatic heterocycles. The van der Waals surface area contributed by atoms with Crippen molar-refractivity contribution < 1.29 is 23.8 Å². The van der Waals surface area contributed by atoms with Crippen molar-refractivity contribution in [1.29, 1.82) is 0 Å². The molecule has 1 N–H and O–H groups in total. The number of likely N-dealkylation sites (tertiary alicyclic amines) is 1. The lowest BCUT2D eigenvalue weighted by Crippen LogP contribution is -2.46. The first kappa shape index (κ1) is 18.4. The average molecular weight is 362 g/mol. The Bertz CT molecular complexity index is 654. The third-order valence-corrected chi connectivity index (χ3v) is 4.99. The van der Waals surface area contributed by atoms with Crippen LogP contribution in [0.15, 0.2) is 12.1 Å². The van der Waals surface area contributed by atoms with E-state index >= 15 is 0 Å². The van der Waals surface area contributed by atoms with E-state index in [1.165, 1.54) is 21.3 Å². The Morgan fingerprint density at radius 2 is 1.54 bits per heavy atom. The molecule has 142 valence electrons. The van der Waals surface area contributed by atoms with Gasteiger partial charge in [0, 0.05) is 30.6 Å². The largest absolute Gasteiger partial charge is 0.493 e. The molecule has 2 fully saturated rings. The summed E-state index contributed by atoms with van der Waals surface area (Å²) in [6.07, 6.45) is 3.55. The van der Waals surface area contributed by atoms with Gasteiger partial charge in [-0.1, -0.05) is 0 Å². The number of hydrogen-bond donors (Lipinski definition) is 1. The van der Waals surface area contributed by atoms with Gasteiger partial charge in [-0.05, 0) is 37.8 Å². The summed E-state index contributed by atoms with van der Waals surface area (Å²) in [4.78, 5) is 26.6. The Kier molecular flexibility index (Phi) is 5.54. The standard InChI is InChI=1S/C19H26N2O5/c1-24-15-10-13(11-16(25-2)17(15)26-3)19(23)21-8-6-14(7-9-21)20-18(22)12-4-5-12/h10-12,14H,4-9H2,1-3H3,(H,20,22). The zero-order chi connectivity index (χ0) is 18.7. The fourth-order valence-electron chi connectivity index (χ4n) is 3.28. The molecule has 2 amide bonds. The summed E-state index contributed by atoms with van der Waals surface area (Å²) < 4.78 is 15.9. The predicted molar refractivity (Wildman–Crippen MR) is 95.9 cm³/mol. The van der Waals surface area contributed by atoms with Crippen LogP contribution >= 0.6 is 0 Å². The number of carbonyl (C=O) groups excluding carboxylic acids is 2. The Labute approximate surface area is 153 Å². The van der Waals surface area contributed by atoms with Crippen molar-refractivity contribution in [3.63, 3.8) is 0 Å². The van der Waals surface area contributed by atoms with Gasteiger partial charge in [0.05, 0.1) is 21.3 Å². The van der Waals surface area contributed by atoms with Crippen LogP contribution in [0.5, 0.6) is 17.2 Å². The number of hydrogen-bond acceptors (Lipinski definition) is 5. The summed E-state index contributed by atoms with van der Waals surface area (Å²) in [5, 5.41) is 3.10. The lowest BCUT2D eigenvalue weighted by atomic mass is 10.0. The summed E-state index contributed by atoms with van der Waals surface area (Å²) in [6, 6.07) is 3.50. The highest BCUT2D eigenvalue weighted by Crippen LogP contribution is 2.38. The van der Waals surface area contributed by atoms with E-state index in [2.05, 4.69) is 5.32 Å². The van der Waals surface area contributed by atoms with Gasteiger partial charge < -0.3 is 24.4 Å². The van der Waals surface area contributed by atoms with Crippen molar-refractivity contribution in [2.75, 3.05) is 34.4 Å². The van der Waals surface area contributed by atoms with Crippen molar-refractivity contribution >= 4 is 11.8 Å². The van der Waals surface area contributed by atoms with E-state index in [1.54, 1.807) is 17.0 Å². The van der Waals surface area contributed by atoms with E-state index in [9.17, 15) is 9.59 Å². The van der Waals surface area contributed by atoms with Gasteiger partial charge in [-0.2, -0.15) is 0 Å². The van der Waals surface area contributed by atoms with Crippen LogP contribution in [0, 0.1) is 5.92 Å². The molecule has 7 heteroatoms. The van der Waals surface area contributed by atoms with Crippen molar-refractivity contribution in [2.45, 2.75) is 31.7 Å². The first-order chi connectivity index (χ1) is 12.6. The third kappa shape index (κ3) is 3.86. The quantitative estimate of drug-likeness (QED) is 0.836. The van der Waals surface area contributed by atoms with Crippen LogP contribution in [0.4, 0.5) is 0 Å². The highest BCUT2D eigenvalue weighted by Gasteiger charge is 2.32. The van der Waals surface area contributed by atoms with Crippen molar-refractivity contribution in [1.82, 2.24) is 10.2 Å². The highest BCUT2D eigenvalue weighted by atomic mass is 16.5. The number of piperidine rings is 1. The molecule has 3 rings (SSSR count). The van der Waals surface area contributed by atoms with Crippen LogP contribution in [0.3, 0.4) is 0 Å². The predicted octanol–water partition coefficient (Wildman–Crippen LogP) is 1.84. The average Bonchev–Trinajstić information content (AvgIpc) is 3.52. The summed E-state index contributed by atoms with van der Waals surface area (Å²) >= 11 is 0. The number of rotatable bonds is 6. The van der Waals surface area contributed by atoms with Crippen molar-refractivity contribution in [3.8, 4) is 17.2 Å². The molecule has 1 saturated heterocycles. The first-order valence-corrected chi connectivity index (χ1v) is 8.97. The van der Waals surface area contributed by atoms with Gasteiger partial charge in [0.1, 0.15) is 0 Å². The maximum Gasteiger partial charge on any atom is 0.254 e. The Hall–Kier alpha value is -2.44. The summed E-state index contributed by atoms with van der Waals surface area (Å²) in [5.74, 6) is 1.70. The van der Waals surface area contributed by atoms with E-state index < -0.39 is 0 Å². The highest BCUT2D eigenvalue weighted by molar-refractivity contribution is 5.95. The van der Waals surface area contributed by atoms with Gasteiger partial charge in [-0.3, -0.25) is 9.59 Å². The van der Waals surface area contributed by atoms with Gasteiger partial charge in [0.2, 0.25) is 11.7 Å². The monoisotopic (exact) mass is 362 g/mol. The molecule has 2 aliphatic rings. The maximum absolute atomic E-state index is 12.9. The summed E-state index contributed by atoms with van der Waals surface area (Å²) in [6.45, 7) is 1.23. The molecular weight excluding hydrogens is 336 g/mol. The van der Waals surface area contributed by atoms with Crippen LogP contribution in [0.25, 0.3) is 0 Å². The molecule has 0 radical (unpaired) electrons. The molecule has 0 unspecified atom stereocenters. The Morgan fingerprint density at radius 1 is 0.962 bits per heavy atom. The van der Waals surface area contributed by atoms with Crippen LogP contribution < -0.4 is 19.5 Å². The van der Waals surface area contributed by atoms with Crippen molar-refractivity contribution in [2.24, 2.45) is 5.92 Å². The minimum Gasteiger partial charge on any atom is -0.493 e. The van der Waals surface area contributed by atoms with E-state index in [-0.39, 0.29) is 23.8 Å². The number of carbonyl (C=O) groups is 2. The maximum atomic E-state index is 12.9. The van der Waals surface area contributed by atoms with Gasteiger partial charge in [0.15, 0.2) is 11.5 Å². The summed E-state index contributed by atoms with van der Waals surface area (Å²) in [5.41, 5.74) is 0.500. The van der Waals surface area contributed by atoms with Crippen LogP contribution in [-0.4, -0.2) is 57.2 Å². The molecule has 0 atom stereocenters. The zero-order valence-electron chi connectivity index (χ0n) is 15.5. The second kappa shape index (κ2) is 7.85. The second-order valence-electron chi connectivity index (χ2n) is 6.76. The van der Waals surface area contributed by atoms with Crippen LogP contribution in [-0.2, 0) is 4.79 Å². The normalized spacial score (nSPS) is 17.6. The lowest BCUT2D eigenvalue weighted by molar-refractivity contribution is -0.123. The minimum atomic E-state index is -0.0729. The fraction of sp³-hybridized carbons (Fsp3) is 0.579. The van der Waals surface area contributed by atoms with E-state index in [0.717, 1.165) is 25.7 Å². The van der Waals surface area contributed by atoms with Gasteiger partial charge in [0.25, 0.3) is 5.91 Å². The molecule has 0 spiro atoms. The number of ether oxygens (including phenoxy) is 3. The lowest BCUT2D eigenvalue weighted by Gasteiger charge is -2.32. The smallest absolute Gasteiger partial charge is 0.254 e. The number of benzene rings is 1. The molecule has 7 nitrogen and oxygen atoms in total. The Morgan fingerprint density at radius 3 is 2.00 bits per heavy atom. The fourth-order valence-corrected chi connectivity index (χ4v) is 3.28. The molecule has 1 aromatic carbocycles. The zero-order valence-corrected chi connectivity index (χ0v) is 15.5. The first-order valence-electron chi connectivity index (χ1n) is 8.97. The summed E-state index contributed by atoms with van der Waals surface area (Å²) in [7, 11) is 4.59. The van der Waals surface area contributed by atoms with Crippen LogP contribution in [0.2, 0.25) is 0 Å². The molecule has 1 heterocycles. The van der Waals surface area contributed by atoms with E-state index in [0.29, 0.717) is 35.9 Å². The Balaban J connectivity index is 1.65. The molecule has 0 bridgehead atoms. The molecule has 26 heavy (non-hydrogen) atoms. The van der Waals surface area contributed by atoms with Crippen molar-refractivity contribution in [3.05, 3.63) is 17.7 Å². The SMILES string of the molecule is COc1cc(C(=O)N2CCC(NC(=O)C3CC3)CC2)cc(OC)c1OC. The van der Waals surface area contributed by atoms with Crippen LogP contribution in [0.1, 0.15) is 36.0 Å². The minimum absolute atomic E-state index is 0.0729. The number of methoxy groups -OCH3 is 3. The molecule has 1 saturated carbocycles. The second-order valence-corrected chi connectivity index (χ2v) is 6.76. The van der Waals surface area contributed by atoms with E-state index in [4.69, 9.17) is 14.2 Å². The number of nitrogens with one attached hydrogen (secondary N) is 1. The topological polar surface area (TPSA) is 77.1 Å². The molecule has 1 aromatic rings. The molecule has 1 aliphatic heterocycles. The van der Waals surface area contributed by atoms with Gasteiger partial charge in [-0.15, -0.1) is 0 Å². The van der Waals surface area contributed by atoms with Gasteiger partial charge >= 0.3 is 0 Å². The number of amides is 2. The van der Waals surface area contributed by atoms with Gasteiger partial charge in [-0.25, -0.2) is 0 Å².